The molecular formula is C15H14Cl3N5O6S. The van der Waals surface area contributed by atoms with Crippen LogP contribution < -0.4 is 20.6 Å². The zero-order valence-corrected chi connectivity index (χ0v) is 18.3. The summed E-state index contributed by atoms with van der Waals surface area (Å²) in [5, 5.41) is 12.2. The van der Waals surface area contributed by atoms with E-state index in [-0.39, 0.29) is 33.2 Å². The van der Waals surface area contributed by atoms with E-state index in [0.717, 1.165) is 16.2 Å². The predicted molar refractivity (Wildman–Crippen MR) is 102 cm³/mol. The molecule has 1 aliphatic heterocycles. The van der Waals surface area contributed by atoms with Crippen molar-refractivity contribution >= 4 is 56.6 Å². The highest BCUT2D eigenvalue weighted by atomic mass is 35.5. The van der Waals surface area contributed by atoms with Gasteiger partial charge in [-0.05, 0) is 35.1 Å². The van der Waals surface area contributed by atoms with Crippen molar-refractivity contribution in [2.45, 2.75) is 10.9 Å². The Labute approximate surface area is 185 Å². The van der Waals surface area contributed by atoms with Crippen LogP contribution in [-0.4, -0.2) is 57.3 Å². The number of nitrogens with one attached hydrogen (secondary N) is 1. The highest BCUT2D eigenvalue weighted by molar-refractivity contribution is 7.89. The van der Waals surface area contributed by atoms with Gasteiger partial charge in [0.2, 0.25) is 15.8 Å². The van der Waals surface area contributed by atoms with E-state index < -0.39 is 39.9 Å². The summed E-state index contributed by atoms with van der Waals surface area (Å²) in [5.41, 5.74) is -0.469. The monoisotopic (exact) mass is 497 g/mol. The molecule has 1 atom stereocenters. The third-order valence-corrected chi connectivity index (χ3v) is 7.24. The number of aromatic nitrogens is 2. The molecule has 3 rings (SSSR count). The second-order valence-corrected chi connectivity index (χ2v) is 9.16. The molecule has 1 aliphatic rings. The lowest BCUT2D eigenvalue weighted by atomic mass is 10.1. The smallest absolute Gasteiger partial charge is 0.374 e. The number of carbonyl (C=O) groups is 2. The third-order valence-electron chi connectivity index (χ3n) is 4.33. The van der Waals surface area contributed by atoms with Gasteiger partial charge in [-0.15, -0.1) is 0 Å². The first-order chi connectivity index (χ1) is 14.1. The van der Waals surface area contributed by atoms with Gasteiger partial charge in [0.1, 0.15) is 4.90 Å². The van der Waals surface area contributed by atoms with Crippen LogP contribution >= 0.6 is 34.8 Å². The van der Waals surface area contributed by atoms with Crippen molar-refractivity contribution < 1.29 is 32.1 Å². The van der Waals surface area contributed by atoms with Crippen molar-refractivity contribution in [3.05, 3.63) is 39.0 Å². The van der Waals surface area contributed by atoms with Gasteiger partial charge in [-0.3, -0.25) is 15.2 Å². The van der Waals surface area contributed by atoms with Gasteiger partial charge in [0, 0.05) is 24.7 Å². The topological polar surface area (TPSA) is 139 Å². The molecule has 1 unspecified atom stereocenters. The first kappa shape index (κ1) is 22.6. The lowest BCUT2D eigenvalue weighted by Crippen LogP contribution is -2.74. The van der Waals surface area contributed by atoms with Crippen LogP contribution in [0.2, 0.25) is 15.2 Å². The zero-order chi connectivity index (χ0) is 22.2. The molecule has 0 saturated carbocycles. The van der Waals surface area contributed by atoms with Crippen molar-refractivity contribution in [2.75, 3.05) is 31.8 Å². The summed E-state index contributed by atoms with van der Waals surface area (Å²) in [5.74, 6) is -2.21. The summed E-state index contributed by atoms with van der Waals surface area (Å²) < 4.78 is 36.3. The number of halogens is 3. The number of carbonyl (C=O) groups excluding carboxylic acids is 2. The number of hydrogen-bond acceptors (Lipinski definition) is 8. The first-order valence-electron chi connectivity index (χ1n) is 8.21. The number of nitrogens with zero attached hydrogens (tertiary/aromatic N) is 4. The number of rotatable bonds is 5. The molecule has 0 radical (unpaired) electrons. The molecule has 2 aromatic rings. The minimum absolute atomic E-state index is 0.0893. The van der Waals surface area contributed by atoms with E-state index in [0.29, 0.717) is 0 Å². The minimum Gasteiger partial charge on any atom is -0.463 e. The van der Waals surface area contributed by atoms with Crippen molar-refractivity contribution in [2.24, 2.45) is 0 Å². The Bertz CT molecular complexity index is 1160. The number of Topliss-reactive ketones (excluding diaryl/α,β-unsaturated/α-hetero) is 1. The number of methoxy groups -OCH3 is 1. The molecule has 0 amide bonds. The van der Waals surface area contributed by atoms with E-state index in [4.69, 9.17) is 40.2 Å². The molecule has 1 N–H and O–H groups in total. The first-order valence-corrected chi connectivity index (χ1v) is 10.8. The third kappa shape index (κ3) is 4.05. The quantitative estimate of drug-likeness (QED) is 0.337. The number of ether oxygens (including phenoxy) is 1. The lowest BCUT2D eigenvalue weighted by Gasteiger charge is -2.39. The molecule has 1 saturated heterocycles. The van der Waals surface area contributed by atoms with E-state index in [2.05, 4.69) is 14.5 Å². The Morgan fingerprint density at radius 2 is 2.00 bits per heavy atom. The van der Waals surface area contributed by atoms with Crippen molar-refractivity contribution in [1.29, 1.82) is 5.41 Å². The molecule has 30 heavy (non-hydrogen) atoms. The van der Waals surface area contributed by atoms with E-state index in [1.54, 1.807) is 0 Å². The van der Waals surface area contributed by atoms with Gasteiger partial charge in [-0.2, -0.15) is 4.31 Å². The summed E-state index contributed by atoms with van der Waals surface area (Å²) in [6.07, 6.45) is 0. The number of sulfonamides is 1. The van der Waals surface area contributed by atoms with E-state index in [9.17, 15) is 18.0 Å². The van der Waals surface area contributed by atoms with Crippen LogP contribution in [0.15, 0.2) is 27.6 Å². The van der Waals surface area contributed by atoms with Gasteiger partial charge in [0.25, 0.3) is 0 Å². The largest absolute Gasteiger partial charge is 0.463 e. The van der Waals surface area contributed by atoms with Crippen molar-refractivity contribution in [3.8, 4) is 0 Å². The SMILES string of the molecule is COC(=O)C(=O)C1CN(S(=O)(=O)c2ccc(Cl)cc2Cl)CCN1[n+]1[n-]oc(=N)c1Cl. The number of ketones is 1. The lowest BCUT2D eigenvalue weighted by molar-refractivity contribution is -0.764. The molecule has 11 nitrogen and oxygen atoms in total. The normalized spacial score (nSPS) is 17.7. The maximum atomic E-state index is 13.1. The summed E-state index contributed by atoms with van der Waals surface area (Å²) in [6.45, 7) is -0.636. The van der Waals surface area contributed by atoms with Gasteiger partial charge in [0.15, 0.2) is 0 Å². The van der Waals surface area contributed by atoms with Crippen molar-refractivity contribution in [3.63, 3.8) is 0 Å². The molecule has 15 heteroatoms. The summed E-state index contributed by atoms with van der Waals surface area (Å²) in [4.78, 5) is 25.2. The Morgan fingerprint density at radius 3 is 2.57 bits per heavy atom. The Morgan fingerprint density at radius 1 is 1.30 bits per heavy atom. The second kappa shape index (κ2) is 8.55. The predicted octanol–water partition coefficient (Wildman–Crippen LogP) is -0.283. The van der Waals surface area contributed by atoms with Crippen LogP contribution in [0.5, 0.6) is 0 Å². The molecular weight excluding hydrogens is 485 g/mol. The summed E-state index contributed by atoms with van der Waals surface area (Å²) in [6, 6.07) is 2.55. The number of hydrogen-bond donors (Lipinski definition) is 1. The van der Waals surface area contributed by atoms with Crippen LogP contribution in [0.4, 0.5) is 0 Å². The number of piperazine rings is 1. The van der Waals surface area contributed by atoms with Gasteiger partial charge < -0.3 is 9.26 Å². The molecule has 0 spiro atoms. The van der Waals surface area contributed by atoms with Crippen LogP contribution in [0.25, 0.3) is 0 Å². The fraction of sp³-hybridized carbons (Fsp3) is 0.333. The van der Waals surface area contributed by atoms with Gasteiger partial charge >= 0.3 is 16.7 Å². The molecule has 0 bridgehead atoms. The molecule has 1 aromatic carbocycles. The van der Waals surface area contributed by atoms with Crippen LogP contribution in [0.3, 0.4) is 0 Å². The Hall–Kier alpha value is -2.12. The van der Waals surface area contributed by atoms with E-state index in [1.165, 1.54) is 23.2 Å². The maximum Gasteiger partial charge on any atom is 0.374 e. The fourth-order valence-corrected chi connectivity index (χ4v) is 5.22. The second-order valence-electron chi connectivity index (χ2n) is 6.05. The Kier molecular flexibility index (Phi) is 6.43. The highest BCUT2D eigenvalue weighted by Crippen LogP contribution is 2.28. The molecule has 162 valence electrons. The molecule has 2 heterocycles. The van der Waals surface area contributed by atoms with Gasteiger partial charge in [0.05, 0.1) is 18.2 Å². The highest BCUT2D eigenvalue weighted by Gasteiger charge is 2.42. The summed E-state index contributed by atoms with van der Waals surface area (Å²) >= 11 is 17.8. The van der Waals surface area contributed by atoms with Gasteiger partial charge in [-0.1, -0.05) is 28.0 Å². The maximum absolute atomic E-state index is 13.1. The number of esters is 1. The average Bonchev–Trinajstić information content (AvgIpc) is 3.04. The van der Waals surface area contributed by atoms with Crippen LogP contribution in [0, 0.1) is 5.41 Å². The number of benzene rings is 1. The molecule has 0 aliphatic carbocycles. The van der Waals surface area contributed by atoms with Crippen LogP contribution in [-0.2, 0) is 24.3 Å². The van der Waals surface area contributed by atoms with Crippen LogP contribution in [0.1, 0.15) is 0 Å². The van der Waals surface area contributed by atoms with Crippen molar-refractivity contribution in [1.82, 2.24) is 9.58 Å². The minimum atomic E-state index is -4.13. The standard InChI is InChI=1S/C15H14Cl3N5O6S/c1-28-15(25)12(24)10-7-21(4-5-22(10)23-13(18)14(19)29-20-23)30(26,27)11-3-2-8(16)6-9(11)17/h2-3,6,10,19H,4-5,7H2,1H3. The average molecular weight is 499 g/mol. The molecule has 1 fully saturated rings. The van der Waals surface area contributed by atoms with E-state index in [1.807, 2.05) is 0 Å². The Balaban J connectivity index is 1.99. The molecule has 1 aromatic heterocycles. The van der Waals surface area contributed by atoms with Gasteiger partial charge in [-0.25, -0.2) is 13.2 Å². The van der Waals surface area contributed by atoms with E-state index >= 15 is 0 Å². The fourth-order valence-electron chi connectivity index (χ4n) is 2.88. The summed E-state index contributed by atoms with van der Waals surface area (Å²) in [7, 11) is -3.11. The zero-order valence-electron chi connectivity index (χ0n) is 15.2.